The van der Waals surface area contributed by atoms with Gasteiger partial charge in [0, 0.05) is 11.6 Å². The minimum Gasteiger partial charge on any atom is -0.378 e. The predicted octanol–water partition coefficient (Wildman–Crippen LogP) is 4.78. The molecule has 0 aliphatic heterocycles. The zero-order valence-electron chi connectivity index (χ0n) is 17.5. The molecule has 6 fully saturated rings. The van der Waals surface area contributed by atoms with E-state index in [1.165, 1.54) is 69.9 Å². The summed E-state index contributed by atoms with van der Waals surface area (Å²) in [5.74, 6) is 4.44. The second kappa shape index (κ2) is 6.92. The molecule has 1 aromatic carbocycles. The summed E-state index contributed by atoms with van der Waals surface area (Å²) in [5.41, 5.74) is 2.55. The first kappa shape index (κ1) is 18.1. The van der Waals surface area contributed by atoms with Gasteiger partial charge in [-0.1, -0.05) is 12.1 Å². The number of hydrogen-bond acceptors (Lipinski definition) is 3. The van der Waals surface area contributed by atoms with Gasteiger partial charge in [0.1, 0.15) is 0 Å². The molecule has 0 aromatic heterocycles. The summed E-state index contributed by atoms with van der Waals surface area (Å²) in [5, 5.41) is 10.8. The van der Waals surface area contributed by atoms with Crippen LogP contribution in [0.25, 0.3) is 0 Å². The lowest BCUT2D eigenvalue weighted by molar-refractivity contribution is -0.120. The molecule has 6 aliphatic rings. The number of carbonyl (C=O) groups excluding carboxylic acids is 1. The average molecular weight is 394 g/mol. The van der Waals surface area contributed by atoms with Crippen molar-refractivity contribution in [3.63, 3.8) is 0 Å². The first-order valence-corrected chi connectivity index (χ1v) is 12.1. The van der Waals surface area contributed by atoms with E-state index >= 15 is 0 Å². The fourth-order valence-corrected chi connectivity index (χ4v) is 7.24. The van der Waals surface area contributed by atoms with Gasteiger partial charge in [-0.3, -0.25) is 4.79 Å². The minimum atomic E-state index is 0.151. The molecule has 156 valence electrons. The molecule has 0 heterocycles. The molecule has 6 aliphatic carbocycles. The van der Waals surface area contributed by atoms with Crippen LogP contribution in [-0.4, -0.2) is 24.0 Å². The molecule has 0 spiro atoms. The van der Waals surface area contributed by atoms with Crippen molar-refractivity contribution in [2.75, 3.05) is 17.2 Å². The Labute approximate surface area is 174 Å². The third-order valence-electron chi connectivity index (χ3n) is 8.39. The quantitative estimate of drug-likeness (QED) is 0.595. The van der Waals surface area contributed by atoms with Gasteiger partial charge >= 0.3 is 0 Å². The third kappa shape index (κ3) is 3.75. The van der Waals surface area contributed by atoms with Gasteiger partial charge in [0.15, 0.2) is 0 Å². The smallest absolute Gasteiger partial charge is 0.239 e. The fraction of sp³-hybridized carbons (Fsp3) is 0.720. The Morgan fingerprint density at radius 2 is 1.45 bits per heavy atom. The molecule has 4 heteroatoms. The Hall–Kier alpha value is -1.71. The highest BCUT2D eigenvalue weighted by Crippen LogP contribution is 2.56. The van der Waals surface area contributed by atoms with Crippen molar-refractivity contribution >= 4 is 17.3 Å². The summed E-state index contributed by atoms with van der Waals surface area (Å²) in [6, 6.07) is 8.93. The Balaban J connectivity index is 1.11. The number of amides is 1. The lowest BCUT2D eigenvalue weighted by Crippen LogP contribution is -2.54. The number of rotatable bonds is 8. The van der Waals surface area contributed by atoms with Crippen molar-refractivity contribution in [1.29, 1.82) is 0 Å². The van der Waals surface area contributed by atoms with Crippen LogP contribution in [0.1, 0.15) is 64.2 Å². The Morgan fingerprint density at radius 3 is 2.00 bits per heavy atom. The highest BCUT2D eigenvalue weighted by atomic mass is 16.2. The van der Waals surface area contributed by atoms with Crippen LogP contribution in [0, 0.1) is 29.6 Å². The van der Waals surface area contributed by atoms with Crippen molar-refractivity contribution in [2.45, 2.75) is 75.8 Å². The van der Waals surface area contributed by atoms with Crippen LogP contribution >= 0.6 is 0 Å². The molecule has 0 radical (unpaired) electrons. The van der Waals surface area contributed by atoms with Crippen LogP contribution in [0.3, 0.4) is 0 Å². The third-order valence-corrected chi connectivity index (χ3v) is 8.39. The second-order valence-corrected chi connectivity index (χ2v) is 11.0. The largest absolute Gasteiger partial charge is 0.378 e. The van der Waals surface area contributed by atoms with Gasteiger partial charge in [-0.15, -0.1) is 0 Å². The van der Waals surface area contributed by atoms with Crippen LogP contribution in [0.15, 0.2) is 24.3 Å². The van der Waals surface area contributed by atoms with E-state index in [0.29, 0.717) is 12.6 Å². The summed E-state index contributed by atoms with van der Waals surface area (Å²) in [6.07, 6.45) is 13.6. The van der Waals surface area contributed by atoms with E-state index in [9.17, 15) is 4.79 Å². The summed E-state index contributed by atoms with van der Waals surface area (Å²) in [4.78, 5) is 12.6. The van der Waals surface area contributed by atoms with Gasteiger partial charge in [0.2, 0.25) is 5.91 Å². The number of hydrogen-bond donors (Lipinski definition) is 3. The maximum atomic E-state index is 12.6. The van der Waals surface area contributed by atoms with Crippen LogP contribution in [-0.2, 0) is 4.79 Å². The fourth-order valence-electron chi connectivity index (χ4n) is 7.24. The second-order valence-electron chi connectivity index (χ2n) is 11.0. The van der Waals surface area contributed by atoms with Crippen molar-refractivity contribution in [2.24, 2.45) is 29.6 Å². The highest BCUT2D eigenvalue weighted by molar-refractivity contribution is 5.83. The summed E-state index contributed by atoms with van der Waals surface area (Å²) >= 11 is 0. The number of anilines is 2. The van der Waals surface area contributed by atoms with Crippen molar-refractivity contribution in [3.05, 3.63) is 24.3 Å². The first-order valence-electron chi connectivity index (χ1n) is 12.1. The van der Waals surface area contributed by atoms with Gasteiger partial charge in [0.25, 0.3) is 0 Å². The van der Waals surface area contributed by atoms with E-state index in [2.05, 4.69) is 40.2 Å². The number of benzene rings is 1. The van der Waals surface area contributed by atoms with E-state index < -0.39 is 0 Å². The molecule has 4 nitrogen and oxygen atoms in total. The molecule has 0 atom stereocenters. The zero-order valence-corrected chi connectivity index (χ0v) is 17.5. The Morgan fingerprint density at radius 1 is 0.897 bits per heavy atom. The molecule has 1 aromatic rings. The lowest BCUT2D eigenvalue weighted by atomic mass is 9.53. The molecular formula is C25H35N3O. The van der Waals surface area contributed by atoms with Gasteiger partial charge < -0.3 is 16.0 Å². The molecule has 3 N–H and O–H groups in total. The standard InChI is InChI=1S/C25H35N3O/c29-23(27-24(19-5-6-19)20-7-8-20)15-26-21-3-1-2-4-22(21)28-25-12-16-9-17(13-25)11-18(10-16)14-25/h1-4,16-20,24,26,28H,5-15H2,(H,27,29). The normalized spacial score (nSPS) is 35.0. The van der Waals surface area contributed by atoms with Crippen LogP contribution in [0.5, 0.6) is 0 Å². The van der Waals surface area contributed by atoms with Crippen molar-refractivity contribution < 1.29 is 4.79 Å². The van der Waals surface area contributed by atoms with Gasteiger partial charge in [-0.25, -0.2) is 0 Å². The zero-order chi connectivity index (χ0) is 19.4. The molecule has 6 saturated carbocycles. The van der Waals surface area contributed by atoms with E-state index in [-0.39, 0.29) is 11.4 Å². The highest BCUT2D eigenvalue weighted by Gasteiger charge is 2.51. The van der Waals surface area contributed by atoms with Gasteiger partial charge in [-0.2, -0.15) is 0 Å². The minimum absolute atomic E-state index is 0.151. The van der Waals surface area contributed by atoms with Crippen LogP contribution in [0.2, 0.25) is 0 Å². The van der Waals surface area contributed by atoms with E-state index in [1.807, 2.05) is 0 Å². The van der Waals surface area contributed by atoms with Crippen molar-refractivity contribution in [3.8, 4) is 0 Å². The lowest BCUT2D eigenvalue weighted by Gasteiger charge is -2.57. The topological polar surface area (TPSA) is 53.2 Å². The van der Waals surface area contributed by atoms with Crippen molar-refractivity contribution in [1.82, 2.24) is 5.32 Å². The molecule has 7 rings (SSSR count). The maximum absolute atomic E-state index is 12.6. The Bertz CT molecular complexity index is 735. The Kier molecular flexibility index (Phi) is 4.32. The molecular weight excluding hydrogens is 358 g/mol. The maximum Gasteiger partial charge on any atom is 0.239 e. The van der Waals surface area contributed by atoms with Crippen LogP contribution in [0.4, 0.5) is 11.4 Å². The predicted molar refractivity (Wildman–Crippen MR) is 117 cm³/mol. The van der Waals surface area contributed by atoms with Gasteiger partial charge in [0.05, 0.1) is 17.9 Å². The van der Waals surface area contributed by atoms with E-state index in [1.54, 1.807) is 0 Å². The number of nitrogens with one attached hydrogen (secondary N) is 3. The average Bonchev–Trinajstić information content (AvgIpc) is 3.58. The SMILES string of the molecule is O=C(CNc1ccccc1NC12CC3CC(CC(C3)C1)C2)NC(C1CC1)C1CC1. The molecule has 1 amide bonds. The monoisotopic (exact) mass is 393 g/mol. The first-order chi connectivity index (χ1) is 14.2. The molecule has 29 heavy (non-hydrogen) atoms. The summed E-state index contributed by atoms with van der Waals surface area (Å²) in [6.45, 7) is 0.371. The summed E-state index contributed by atoms with van der Waals surface area (Å²) < 4.78 is 0. The number of para-hydroxylation sites is 2. The van der Waals surface area contributed by atoms with E-state index in [0.717, 1.165) is 35.3 Å². The summed E-state index contributed by atoms with van der Waals surface area (Å²) in [7, 11) is 0. The number of carbonyl (C=O) groups is 1. The molecule has 0 saturated heterocycles. The molecule has 0 unspecified atom stereocenters. The van der Waals surface area contributed by atoms with E-state index in [4.69, 9.17) is 0 Å². The van der Waals surface area contributed by atoms with Gasteiger partial charge in [-0.05, 0) is 106 Å². The molecule has 4 bridgehead atoms. The van der Waals surface area contributed by atoms with Crippen LogP contribution < -0.4 is 16.0 Å².